The fourth-order valence-corrected chi connectivity index (χ4v) is 1.26. The lowest BCUT2D eigenvalue weighted by Crippen LogP contribution is -2.42. The van der Waals surface area contributed by atoms with Gasteiger partial charge in [-0.1, -0.05) is 0 Å². The molecule has 2 N–H and O–H groups in total. The molecule has 1 amide bonds. The number of amides is 1. The van der Waals surface area contributed by atoms with Crippen molar-refractivity contribution < 1.29 is 26.4 Å². The Hall–Kier alpha value is -0.830. The van der Waals surface area contributed by atoms with Gasteiger partial charge in [0.25, 0.3) is 0 Å². The van der Waals surface area contributed by atoms with Gasteiger partial charge in [-0.25, -0.2) is 8.42 Å². The molecule has 0 fully saturated rings. The molecule has 96 valence electrons. The third-order valence-electron chi connectivity index (χ3n) is 1.49. The molecule has 9 heteroatoms. The monoisotopic (exact) mass is 262 g/mol. The van der Waals surface area contributed by atoms with Crippen molar-refractivity contribution in [1.29, 1.82) is 0 Å². The van der Waals surface area contributed by atoms with Crippen molar-refractivity contribution in [2.24, 2.45) is 0 Å². The van der Waals surface area contributed by atoms with E-state index >= 15 is 0 Å². The molecule has 0 unspecified atom stereocenters. The van der Waals surface area contributed by atoms with Crippen LogP contribution in [0.1, 0.15) is 13.8 Å². The van der Waals surface area contributed by atoms with E-state index in [1.54, 1.807) is 10.0 Å². The first-order valence-corrected chi connectivity index (χ1v) is 5.91. The van der Waals surface area contributed by atoms with Gasteiger partial charge in [0.2, 0.25) is 15.9 Å². The number of hydrogen-bond donors (Lipinski definition) is 2. The Morgan fingerprint density at radius 1 is 1.31 bits per heavy atom. The van der Waals surface area contributed by atoms with Gasteiger partial charge in [0, 0.05) is 0 Å². The standard InChI is InChI=1S/C7H13F3N2O3S/c1-5(2)16(14,15)12-6(13)3-11-4-7(8,9)10/h5,11H,3-4H2,1-2H3,(H,12,13). The van der Waals surface area contributed by atoms with Gasteiger partial charge in [0.15, 0.2) is 0 Å². The van der Waals surface area contributed by atoms with Crippen LogP contribution in [-0.2, 0) is 14.8 Å². The van der Waals surface area contributed by atoms with E-state index in [1.807, 2.05) is 0 Å². The molecule has 0 spiro atoms. The summed E-state index contributed by atoms with van der Waals surface area (Å²) in [6.45, 7) is 0.644. The van der Waals surface area contributed by atoms with Gasteiger partial charge in [-0.2, -0.15) is 13.2 Å². The van der Waals surface area contributed by atoms with Crippen LogP contribution >= 0.6 is 0 Å². The van der Waals surface area contributed by atoms with Crippen LogP contribution in [0.5, 0.6) is 0 Å². The van der Waals surface area contributed by atoms with E-state index in [0.717, 1.165) is 0 Å². The second-order valence-corrected chi connectivity index (χ2v) is 5.57. The normalized spacial score (nSPS) is 12.9. The predicted octanol–water partition coefficient (Wildman–Crippen LogP) is -0.00730. The number of carbonyl (C=O) groups excluding carboxylic acids is 1. The van der Waals surface area contributed by atoms with Crippen LogP contribution in [0.2, 0.25) is 0 Å². The molecule has 0 saturated heterocycles. The fraction of sp³-hybridized carbons (Fsp3) is 0.857. The molecule has 0 aliphatic carbocycles. The summed E-state index contributed by atoms with van der Waals surface area (Å²) in [5.41, 5.74) is 0. The predicted molar refractivity (Wildman–Crippen MR) is 51.1 cm³/mol. The van der Waals surface area contributed by atoms with Gasteiger partial charge in [0.05, 0.1) is 18.3 Å². The van der Waals surface area contributed by atoms with E-state index in [9.17, 15) is 26.4 Å². The lowest BCUT2D eigenvalue weighted by atomic mass is 10.5. The summed E-state index contributed by atoms with van der Waals surface area (Å²) in [6.07, 6.45) is -4.43. The number of carbonyl (C=O) groups is 1. The molecule has 0 aromatic rings. The second kappa shape index (κ2) is 5.48. The van der Waals surface area contributed by atoms with Gasteiger partial charge < -0.3 is 5.32 Å². The highest BCUT2D eigenvalue weighted by atomic mass is 32.2. The van der Waals surface area contributed by atoms with Crippen LogP contribution in [0.3, 0.4) is 0 Å². The fourth-order valence-electron chi connectivity index (χ4n) is 0.630. The van der Waals surface area contributed by atoms with Crippen molar-refractivity contribution in [2.75, 3.05) is 13.1 Å². The summed E-state index contributed by atoms with van der Waals surface area (Å²) < 4.78 is 58.9. The van der Waals surface area contributed by atoms with Gasteiger partial charge in [-0.15, -0.1) is 0 Å². The molecule has 0 radical (unpaired) electrons. The molecular formula is C7H13F3N2O3S. The lowest BCUT2D eigenvalue weighted by molar-refractivity contribution is -0.127. The van der Waals surface area contributed by atoms with Gasteiger partial charge >= 0.3 is 6.18 Å². The maximum atomic E-state index is 11.7. The summed E-state index contributed by atoms with van der Waals surface area (Å²) in [4.78, 5) is 10.9. The molecule has 5 nitrogen and oxygen atoms in total. The minimum absolute atomic E-state index is 0.703. The lowest BCUT2D eigenvalue weighted by Gasteiger charge is -2.10. The molecule has 0 rings (SSSR count). The zero-order chi connectivity index (χ0) is 13.0. The smallest absolute Gasteiger partial charge is 0.300 e. The van der Waals surface area contributed by atoms with E-state index in [1.165, 1.54) is 13.8 Å². The zero-order valence-electron chi connectivity index (χ0n) is 8.76. The molecule has 0 aromatic carbocycles. The zero-order valence-corrected chi connectivity index (χ0v) is 9.57. The number of hydrogen-bond acceptors (Lipinski definition) is 4. The molecule has 0 aliphatic heterocycles. The summed E-state index contributed by atoms with van der Waals surface area (Å²) >= 11 is 0. The number of rotatable bonds is 5. The van der Waals surface area contributed by atoms with Crippen molar-refractivity contribution in [3.8, 4) is 0 Å². The highest BCUT2D eigenvalue weighted by molar-refractivity contribution is 7.90. The average molecular weight is 262 g/mol. The first-order chi connectivity index (χ1) is 7.04. The van der Waals surface area contributed by atoms with E-state index in [0.29, 0.717) is 0 Å². The molecular weight excluding hydrogens is 249 g/mol. The molecule has 0 saturated carbocycles. The summed E-state index contributed by atoms with van der Waals surface area (Å²) in [6, 6.07) is 0. The molecule has 16 heavy (non-hydrogen) atoms. The van der Waals surface area contributed by atoms with Gasteiger partial charge in [-0.05, 0) is 13.8 Å². The highest BCUT2D eigenvalue weighted by Gasteiger charge is 2.27. The maximum Gasteiger partial charge on any atom is 0.401 e. The SMILES string of the molecule is CC(C)S(=O)(=O)NC(=O)CNCC(F)(F)F. The van der Waals surface area contributed by atoms with Crippen LogP contribution in [0.4, 0.5) is 13.2 Å². The minimum Gasteiger partial charge on any atom is -0.300 e. The molecule has 0 bridgehead atoms. The van der Waals surface area contributed by atoms with Crippen molar-refractivity contribution in [3.05, 3.63) is 0 Å². The van der Waals surface area contributed by atoms with Crippen LogP contribution in [0.15, 0.2) is 0 Å². The number of sulfonamides is 1. The van der Waals surface area contributed by atoms with E-state index < -0.39 is 40.4 Å². The van der Waals surface area contributed by atoms with Crippen LogP contribution < -0.4 is 10.0 Å². The molecule has 0 atom stereocenters. The van der Waals surface area contributed by atoms with Crippen LogP contribution in [-0.4, -0.2) is 38.8 Å². The first kappa shape index (κ1) is 15.2. The maximum absolute atomic E-state index is 11.7. The average Bonchev–Trinajstić information content (AvgIpc) is 1.99. The van der Waals surface area contributed by atoms with Crippen molar-refractivity contribution in [3.63, 3.8) is 0 Å². The van der Waals surface area contributed by atoms with Crippen molar-refractivity contribution >= 4 is 15.9 Å². The largest absolute Gasteiger partial charge is 0.401 e. The van der Waals surface area contributed by atoms with Crippen molar-refractivity contribution in [1.82, 2.24) is 10.0 Å². The number of halogens is 3. The second-order valence-electron chi connectivity index (χ2n) is 3.34. The molecule has 0 aromatic heterocycles. The van der Waals surface area contributed by atoms with Crippen molar-refractivity contribution in [2.45, 2.75) is 25.3 Å². The third-order valence-corrected chi connectivity index (χ3v) is 3.24. The first-order valence-electron chi connectivity index (χ1n) is 4.36. The Morgan fingerprint density at radius 3 is 2.19 bits per heavy atom. The van der Waals surface area contributed by atoms with Gasteiger partial charge in [-0.3, -0.25) is 9.52 Å². The highest BCUT2D eigenvalue weighted by Crippen LogP contribution is 2.11. The Bertz CT molecular complexity index is 337. The summed E-state index contributed by atoms with van der Waals surface area (Å²) in [5.74, 6) is -1.02. The Morgan fingerprint density at radius 2 is 1.81 bits per heavy atom. The quantitative estimate of drug-likeness (QED) is 0.731. The Labute approximate surface area is 91.4 Å². The topological polar surface area (TPSA) is 75.3 Å². The van der Waals surface area contributed by atoms with Crippen LogP contribution in [0, 0.1) is 0 Å². The van der Waals surface area contributed by atoms with E-state index in [2.05, 4.69) is 0 Å². The Balaban J connectivity index is 4.03. The van der Waals surface area contributed by atoms with E-state index in [-0.39, 0.29) is 0 Å². The number of alkyl halides is 3. The summed E-state index contributed by atoms with van der Waals surface area (Å²) in [7, 11) is -3.78. The summed E-state index contributed by atoms with van der Waals surface area (Å²) in [5, 5.41) is 0.965. The Kier molecular flexibility index (Phi) is 5.20. The third kappa shape index (κ3) is 6.62. The minimum atomic E-state index is -4.43. The number of nitrogens with one attached hydrogen (secondary N) is 2. The van der Waals surface area contributed by atoms with Gasteiger partial charge in [0.1, 0.15) is 0 Å². The van der Waals surface area contributed by atoms with Crippen LogP contribution in [0.25, 0.3) is 0 Å². The van der Waals surface area contributed by atoms with E-state index in [4.69, 9.17) is 0 Å². The molecule has 0 heterocycles. The molecule has 0 aliphatic rings.